The Labute approximate surface area is 121 Å². The Kier molecular flexibility index (Phi) is 3.46. The van der Waals surface area contributed by atoms with Gasteiger partial charge in [0.15, 0.2) is 5.52 Å². The van der Waals surface area contributed by atoms with E-state index in [4.69, 9.17) is 10.4 Å². The quantitative estimate of drug-likeness (QED) is 0.674. The van der Waals surface area contributed by atoms with E-state index in [1.165, 1.54) is 6.07 Å². The number of non-ortho nitro benzene ring substituents is 1. The summed E-state index contributed by atoms with van der Waals surface area (Å²) in [5, 5.41) is 18.5. The molecule has 1 aliphatic rings. The lowest BCUT2D eigenvalue weighted by molar-refractivity contribution is -0.383. The third-order valence-corrected chi connectivity index (χ3v) is 4.33. The molecule has 0 bridgehead atoms. The summed E-state index contributed by atoms with van der Waals surface area (Å²) < 4.78 is 4.71. The Bertz CT molecular complexity index is 671. The van der Waals surface area contributed by atoms with Crippen molar-refractivity contribution in [2.75, 3.05) is 24.5 Å². The van der Waals surface area contributed by atoms with E-state index in [9.17, 15) is 10.1 Å². The molecule has 0 radical (unpaired) electrons. The molecular formula is C13H17N5O3. The Hall–Kier alpha value is -2.22. The molecule has 0 aliphatic carbocycles. The van der Waals surface area contributed by atoms with Gasteiger partial charge in [0.1, 0.15) is 0 Å². The maximum absolute atomic E-state index is 11.0. The first-order chi connectivity index (χ1) is 10.1. The lowest BCUT2D eigenvalue weighted by atomic mass is 9.87. The number of aromatic nitrogens is 2. The normalized spacial score (nSPS) is 22.7. The highest BCUT2D eigenvalue weighted by molar-refractivity contribution is 5.93. The second kappa shape index (κ2) is 5.28. The van der Waals surface area contributed by atoms with E-state index in [1.807, 2.05) is 0 Å². The fourth-order valence-electron chi connectivity index (χ4n) is 2.92. The highest BCUT2D eigenvalue weighted by Gasteiger charge is 2.28. The number of hydrogen-bond acceptors (Lipinski definition) is 7. The molecule has 2 heterocycles. The summed E-state index contributed by atoms with van der Waals surface area (Å²) in [6, 6.07) is 3.17. The van der Waals surface area contributed by atoms with E-state index in [2.05, 4.69) is 22.1 Å². The fourth-order valence-corrected chi connectivity index (χ4v) is 2.92. The van der Waals surface area contributed by atoms with E-state index in [1.54, 1.807) is 6.07 Å². The lowest BCUT2D eigenvalue weighted by Gasteiger charge is -2.37. The SMILES string of the molecule is CC1CCN(c2ccc([N+](=O)[O-])c3nonc23)CC1CN. The van der Waals surface area contributed by atoms with Gasteiger partial charge in [-0.1, -0.05) is 6.92 Å². The van der Waals surface area contributed by atoms with Gasteiger partial charge in [-0.05, 0) is 41.2 Å². The molecule has 2 atom stereocenters. The molecular weight excluding hydrogens is 274 g/mol. The average Bonchev–Trinajstić information content (AvgIpc) is 2.96. The predicted octanol–water partition coefficient (Wildman–Crippen LogP) is 1.55. The standard InChI is InChI=1S/C13H17N5O3/c1-8-4-5-17(7-9(8)6-14)10-2-3-11(18(19)20)13-12(10)15-21-16-13/h2-3,8-9H,4-7,14H2,1H3. The minimum absolute atomic E-state index is 0.0873. The zero-order valence-electron chi connectivity index (χ0n) is 11.7. The minimum Gasteiger partial charge on any atom is -0.369 e. The number of nitro groups is 1. The molecule has 2 unspecified atom stereocenters. The molecule has 21 heavy (non-hydrogen) atoms. The topological polar surface area (TPSA) is 111 Å². The highest BCUT2D eigenvalue weighted by atomic mass is 16.6. The molecule has 8 heteroatoms. The molecule has 2 N–H and O–H groups in total. The van der Waals surface area contributed by atoms with Crippen molar-refractivity contribution in [3.8, 4) is 0 Å². The lowest BCUT2D eigenvalue weighted by Crippen LogP contribution is -2.42. The van der Waals surface area contributed by atoms with E-state index in [-0.39, 0.29) is 11.2 Å². The summed E-state index contributed by atoms with van der Waals surface area (Å²) in [5.41, 5.74) is 7.20. The second-order valence-corrected chi connectivity index (χ2v) is 5.53. The summed E-state index contributed by atoms with van der Waals surface area (Å²) in [5.74, 6) is 0.985. The number of piperidine rings is 1. The number of rotatable bonds is 3. The molecule has 1 aromatic heterocycles. The minimum atomic E-state index is -0.475. The largest absolute Gasteiger partial charge is 0.369 e. The number of fused-ring (bicyclic) bond motifs is 1. The number of anilines is 1. The number of nitrogens with zero attached hydrogens (tertiary/aromatic N) is 4. The van der Waals surface area contributed by atoms with Crippen LogP contribution in [0.15, 0.2) is 16.8 Å². The van der Waals surface area contributed by atoms with Gasteiger partial charge in [0.25, 0.3) is 0 Å². The van der Waals surface area contributed by atoms with Crippen LogP contribution in [-0.2, 0) is 0 Å². The van der Waals surface area contributed by atoms with Gasteiger partial charge in [-0.3, -0.25) is 10.1 Å². The van der Waals surface area contributed by atoms with E-state index in [0.717, 1.165) is 25.2 Å². The van der Waals surface area contributed by atoms with E-state index >= 15 is 0 Å². The van der Waals surface area contributed by atoms with Crippen molar-refractivity contribution >= 4 is 22.4 Å². The van der Waals surface area contributed by atoms with E-state index in [0.29, 0.717) is 23.9 Å². The summed E-state index contributed by atoms with van der Waals surface area (Å²) >= 11 is 0. The molecule has 0 spiro atoms. The van der Waals surface area contributed by atoms with Crippen LogP contribution in [0.25, 0.3) is 11.0 Å². The highest BCUT2D eigenvalue weighted by Crippen LogP contribution is 2.34. The maximum atomic E-state index is 11.0. The van der Waals surface area contributed by atoms with Crippen LogP contribution in [0.3, 0.4) is 0 Å². The first kappa shape index (κ1) is 13.7. The second-order valence-electron chi connectivity index (χ2n) is 5.53. The van der Waals surface area contributed by atoms with Crippen LogP contribution in [0.5, 0.6) is 0 Å². The Morgan fingerprint density at radius 3 is 2.95 bits per heavy atom. The van der Waals surface area contributed by atoms with Crippen molar-refractivity contribution < 1.29 is 9.55 Å². The van der Waals surface area contributed by atoms with Gasteiger partial charge in [0.2, 0.25) is 5.52 Å². The predicted molar refractivity (Wildman–Crippen MR) is 77.0 cm³/mol. The smallest absolute Gasteiger partial charge is 0.300 e. The molecule has 1 saturated heterocycles. The van der Waals surface area contributed by atoms with E-state index < -0.39 is 4.92 Å². The fraction of sp³-hybridized carbons (Fsp3) is 0.538. The molecule has 8 nitrogen and oxygen atoms in total. The zero-order chi connectivity index (χ0) is 15.0. The summed E-state index contributed by atoms with van der Waals surface area (Å²) in [6.45, 7) is 4.53. The summed E-state index contributed by atoms with van der Waals surface area (Å²) in [4.78, 5) is 12.7. The molecule has 0 amide bonds. The average molecular weight is 291 g/mol. The van der Waals surface area contributed by atoms with Crippen molar-refractivity contribution in [1.82, 2.24) is 10.3 Å². The van der Waals surface area contributed by atoms with Crippen LogP contribution < -0.4 is 10.6 Å². The number of hydrogen-bond donors (Lipinski definition) is 1. The zero-order valence-corrected chi connectivity index (χ0v) is 11.7. The Morgan fingerprint density at radius 1 is 1.48 bits per heavy atom. The molecule has 1 aliphatic heterocycles. The first-order valence-corrected chi connectivity index (χ1v) is 6.96. The van der Waals surface area contributed by atoms with Gasteiger partial charge in [-0.2, -0.15) is 0 Å². The number of nitro benzene ring substituents is 1. The van der Waals surface area contributed by atoms with Crippen LogP contribution in [0.2, 0.25) is 0 Å². The summed E-state index contributed by atoms with van der Waals surface area (Å²) in [7, 11) is 0. The third-order valence-electron chi connectivity index (χ3n) is 4.33. The molecule has 112 valence electrons. The third kappa shape index (κ3) is 2.31. The monoisotopic (exact) mass is 291 g/mol. The van der Waals surface area contributed by atoms with Crippen molar-refractivity contribution in [1.29, 1.82) is 0 Å². The molecule has 1 fully saturated rings. The van der Waals surface area contributed by atoms with Crippen LogP contribution >= 0.6 is 0 Å². The van der Waals surface area contributed by atoms with Crippen LogP contribution in [0, 0.1) is 22.0 Å². The Morgan fingerprint density at radius 2 is 2.24 bits per heavy atom. The van der Waals surface area contributed by atoms with Crippen molar-refractivity contribution in [3.63, 3.8) is 0 Å². The van der Waals surface area contributed by atoms with Crippen LogP contribution in [0.4, 0.5) is 11.4 Å². The van der Waals surface area contributed by atoms with Crippen LogP contribution in [-0.4, -0.2) is 34.9 Å². The van der Waals surface area contributed by atoms with Crippen molar-refractivity contribution in [2.24, 2.45) is 17.6 Å². The van der Waals surface area contributed by atoms with Gasteiger partial charge in [-0.25, -0.2) is 4.63 Å². The molecule has 1 aromatic carbocycles. The van der Waals surface area contributed by atoms with Gasteiger partial charge < -0.3 is 10.6 Å². The van der Waals surface area contributed by atoms with Crippen LogP contribution in [0.1, 0.15) is 13.3 Å². The van der Waals surface area contributed by atoms with Crippen molar-refractivity contribution in [3.05, 3.63) is 22.2 Å². The Balaban J connectivity index is 2.00. The summed E-state index contributed by atoms with van der Waals surface area (Å²) in [6.07, 6.45) is 1.03. The van der Waals surface area contributed by atoms with Gasteiger partial charge in [0, 0.05) is 19.2 Å². The van der Waals surface area contributed by atoms with Gasteiger partial charge in [-0.15, -0.1) is 0 Å². The van der Waals surface area contributed by atoms with Crippen molar-refractivity contribution in [2.45, 2.75) is 13.3 Å². The molecule has 0 saturated carbocycles. The molecule has 3 rings (SSSR count). The number of benzene rings is 1. The van der Waals surface area contributed by atoms with Gasteiger partial charge in [0.05, 0.1) is 10.6 Å². The number of nitrogens with two attached hydrogens (primary N) is 1. The maximum Gasteiger partial charge on any atom is 0.300 e. The molecule has 2 aromatic rings. The van der Waals surface area contributed by atoms with Gasteiger partial charge >= 0.3 is 5.69 Å². The first-order valence-electron chi connectivity index (χ1n) is 6.96.